The molecule has 1 aromatic carbocycles. The van der Waals surface area contributed by atoms with Crippen LogP contribution in [-0.2, 0) is 6.42 Å². The Hall–Kier alpha value is -0.0500. The van der Waals surface area contributed by atoms with Crippen LogP contribution < -0.4 is 21.2 Å². The van der Waals surface area contributed by atoms with Crippen LogP contribution in [0.1, 0.15) is 18.9 Å². The van der Waals surface area contributed by atoms with Crippen LogP contribution in [-0.4, -0.2) is 4.93 Å². The van der Waals surface area contributed by atoms with Gasteiger partial charge in [-0.05, 0) is 0 Å². The monoisotopic (exact) mass is 261 g/mol. The average Bonchev–Trinajstić information content (AvgIpc) is 2.06. The Kier molecular flexibility index (Phi) is 3.91. The summed E-state index contributed by atoms with van der Waals surface area (Å²) in [7, 11) is 0. The predicted octanol–water partition coefficient (Wildman–Crippen LogP) is -0.472. The molecule has 1 heteroatoms. The maximum absolute atomic E-state index is 2.33. The van der Waals surface area contributed by atoms with E-state index in [0.29, 0.717) is 0 Å². The zero-order valence-corrected chi connectivity index (χ0v) is 9.26. The van der Waals surface area contributed by atoms with Gasteiger partial charge in [0.2, 0.25) is 0 Å². The Morgan fingerprint density at radius 2 is 2.00 bits per heavy atom. The van der Waals surface area contributed by atoms with E-state index in [1.165, 1.54) is 12.8 Å². The van der Waals surface area contributed by atoms with Gasteiger partial charge < -0.3 is 0 Å². The van der Waals surface area contributed by atoms with E-state index in [9.17, 15) is 0 Å². The van der Waals surface area contributed by atoms with Gasteiger partial charge >= 0.3 is 79.3 Å². The van der Waals surface area contributed by atoms with Gasteiger partial charge in [0, 0.05) is 0 Å². The average molecular weight is 261 g/mol. The summed E-state index contributed by atoms with van der Waals surface area (Å²) < 4.78 is 1.62. The van der Waals surface area contributed by atoms with Crippen molar-refractivity contribution >= 4 is 0 Å². The van der Waals surface area contributed by atoms with Crippen molar-refractivity contribution in [2.24, 2.45) is 0 Å². The molecule has 0 saturated heterocycles. The molecular formula is C10H14I-. The molecule has 0 aliphatic rings. The zero-order chi connectivity index (χ0) is 8.10. The molecule has 0 amide bonds. The summed E-state index contributed by atoms with van der Waals surface area (Å²) >= 11 is 0.275. The minimum atomic E-state index is 0.275. The third kappa shape index (κ3) is 2.47. The first-order chi connectivity index (χ1) is 5.38. The van der Waals surface area contributed by atoms with Crippen LogP contribution in [0, 0.1) is 3.57 Å². The summed E-state index contributed by atoms with van der Waals surface area (Å²) in [5.41, 5.74) is 1.57. The normalized spacial score (nSPS) is 10.4. The molecule has 0 aromatic heterocycles. The zero-order valence-electron chi connectivity index (χ0n) is 7.10. The Balaban J connectivity index is 2.83. The fourth-order valence-corrected chi connectivity index (χ4v) is 2.86. The van der Waals surface area contributed by atoms with Crippen molar-refractivity contribution in [3.63, 3.8) is 0 Å². The van der Waals surface area contributed by atoms with Crippen LogP contribution in [0.15, 0.2) is 24.3 Å². The molecule has 0 spiro atoms. The van der Waals surface area contributed by atoms with E-state index in [1.807, 2.05) is 0 Å². The number of benzene rings is 1. The Labute approximate surface area is 79.3 Å². The van der Waals surface area contributed by atoms with Gasteiger partial charge in [0.25, 0.3) is 0 Å². The van der Waals surface area contributed by atoms with Crippen molar-refractivity contribution in [1.82, 2.24) is 0 Å². The molecule has 1 rings (SSSR count). The van der Waals surface area contributed by atoms with Crippen molar-refractivity contribution < 1.29 is 21.2 Å². The summed E-state index contributed by atoms with van der Waals surface area (Å²) in [6, 6.07) is 8.84. The SMILES string of the molecule is CCCc1ccccc1[I-]C. The quantitative estimate of drug-likeness (QED) is 0.509. The first kappa shape index (κ1) is 9.04. The van der Waals surface area contributed by atoms with Crippen molar-refractivity contribution in [1.29, 1.82) is 0 Å². The van der Waals surface area contributed by atoms with Gasteiger partial charge in [0.05, 0.1) is 0 Å². The number of aryl methyl sites for hydroxylation is 1. The molecule has 1 aromatic rings. The van der Waals surface area contributed by atoms with Crippen molar-refractivity contribution in [2.45, 2.75) is 19.8 Å². The van der Waals surface area contributed by atoms with Crippen LogP contribution in [0.3, 0.4) is 0 Å². The van der Waals surface area contributed by atoms with Crippen molar-refractivity contribution in [3.8, 4) is 0 Å². The van der Waals surface area contributed by atoms with E-state index >= 15 is 0 Å². The summed E-state index contributed by atoms with van der Waals surface area (Å²) in [5, 5.41) is 0. The number of alkyl halides is 1. The van der Waals surface area contributed by atoms with E-state index < -0.39 is 0 Å². The van der Waals surface area contributed by atoms with Crippen LogP contribution in [0.25, 0.3) is 0 Å². The fraction of sp³-hybridized carbons (Fsp3) is 0.400. The molecule has 0 heterocycles. The fourth-order valence-electron chi connectivity index (χ4n) is 1.15. The van der Waals surface area contributed by atoms with Gasteiger partial charge in [-0.3, -0.25) is 0 Å². The van der Waals surface area contributed by atoms with Gasteiger partial charge in [-0.1, -0.05) is 0 Å². The molecular weight excluding hydrogens is 247 g/mol. The third-order valence-electron chi connectivity index (χ3n) is 1.68. The third-order valence-corrected chi connectivity index (χ3v) is 3.90. The van der Waals surface area contributed by atoms with Gasteiger partial charge in [-0.15, -0.1) is 0 Å². The van der Waals surface area contributed by atoms with E-state index in [1.54, 1.807) is 9.13 Å². The van der Waals surface area contributed by atoms with Crippen molar-refractivity contribution in [3.05, 3.63) is 33.4 Å². The molecule has 11 heavy (non-hydrogen) atoms. The standard InChI is InChI=1S/C10H14I/c1-3-6-9-7-4-5-8-10(9)11-2/h4-5,7-8H,3,6H2,1-2H3/q-1. The van der Waals surface area contributed by atoms with Crippen LogP contribution >= 0.6 is 0 Å². The van der Waals surface area contributed by atoms with Crippen LogP contribution in [0.2, 0.25) is 0 Å². The molecule has 0 saturated carbocycles. The van der Waals surface area contributed by atoms with Gasteiger partial charge in [-0.2, -0.15) is 0 Å². The number of halogens is 1. The number of hydrogen-bond acceptors (Lipinski definition) is 0. The molecule has 0 N–H and O–H groups in total. The van der Waals surface area contributed by atoms with Crippen LogP contribution in [0.5, 0.6) is 0 Å². The Morgan fingerprint density at radius 3 is 2.64 bits per heavy atom. The summed E-state index contributed by atoms with van der Waals surface area (Å²) in [4.78, 5) is 2.33. The Bertz CT molecular complexity index is 218. The summed E-state index contributed by atoms with van der Waals surface area (Å²) in [6.07, 6.45) is 2.52. The van der Waals surface area contributed by atoms with E-state index in [-0.39, 0.29) is 21.2 Å². The molecule has 0 atom stereocenters. The molecule has 0 fully saturated rings. The maximum atomic E-state index is 2.33. The molecule has 0 aliphatic carbocycles. The first-order valence-corrected chi connectivity index (χ1v) is 7.19. The minimum absolute atomic E-state index is 0.275. The van der Waals surface area contributed by atoms with E-state index in [0.717, 1.165) is 0 Å². The predicted molar refractivity (Wildman–Crippen MR) is 45.1 cm³/mol. The van der Waals surface area contributed by atoms with Gasteiger partial charge in [-0.25, -0.2) is 0 Å². The molecule has 0 unspecified atom stereocenters. The summed E-state index contributed by atoms with van der Waals surface area (Å²) in [6.45, 7) is 2.24. The number of hydrogen-bond donors (Lipinski definition) is 0. The topological polar surface area (TPSA) is 0 Å². The van der Waals surface area contributed by atoms with Crippen molar-refractivity contribution in [2.75, 3.05) is 4.93 Å². The molecule has 0 bridgehead atoms. The second kappa shape index (κ2) is 4.75. The molecule has 0 nitrogen and oxygen atoms in total. The molecule has 0 radical (unpaired) electrons. The number of rotatable bonds is 3. The van der Waals surface area contributed by atoms with Gasteiger partial charge in [0.15, 0.2) is 0 Å². The van der Waals surface area contributed by atoms with E-state index in [2.05, 4.69) is 36.1 Å². The van der Waals surface area contributed by atoms with Crippen LogP contribution in [0.4, 0.5) is 0 Å². The van der Waals surface area contributed by atoms with Gasteiger partial charge in [0.1, 0.15) is 0 Å². The Morgan fingerprint density at radius 1 is 1.27 bits per heavy atom. The van der Waals surface area contributed by atoms with E-state index in [4.69, 9.17) is 0 Å². The second-order valence-corrected chi connectivity index (χ2v) is 4.77. The second-order valence-electron chi connectivity index (χ2n) is 2.53. The molecule has 62 valence electrons. The first-order valence-electron chi connectivity index (χ1n) is 3.95. The summed E-state index contributed by atoms with van der Waals surface area (Å²) in [5.74, 6) is 0. The molecule has 0 aliphatic heterocycles.